The van der Waals surface area contributed by atoms with Gasteiger partial charge in [0.1, 0.15) is 0 Å². The van der Waals surface area contributed by atoms with E-state index >= 15 is 0 Å². The van der Waals surface area contributed by atoms with Crippen LogP contribution in [0.25, 0.3) is 5.57 Å². The van der Waals surface area contributed by atoms with Gasteiger partial charge >= 0.3 is 0 Å². The van der Waals surface area contributed by atoms with Crippen LogP contribution in [0.2, 0.25) is 0 Å². The molecule has 0 amide bonds. The van der Waals surface area contributed by atoms with Gasteiger partial charge in [-0.25, -0.2) is 0 Å². The van der Waals surface area contributed by atoms with Crippen LogP contribution in [0.1, 0.15) is 17.5 Å². The first kappa shape index (κ1) is 9.59. The molecule has 2 nitrogen and oxygen atoms in total. The fraction of sp³-hybridized carbons (Fsp3) is 0.0769. The standard InChI is InChI=1S/C13H9O2/c14-9-10-3-1-4-11(7-10)12-5-2-6-13(15)8-12/h1-5,7-8H,6H2. The number of hydrogen-bond donors (Lipinski definition) is 0. The molecule has 0 bridgehead atoms. The topological polar surface area (TPSA) is 34.1 Å². The Morgan fingerprint density at radius 1 is 1.27 bits per heavy atom. The highest BCUT2D eigenvalue weighted by Gasteiger charge is 2.06. The highest BCUT2D eigenvalue weighted by atomic mass is 16.1. The Labute approximate surface area is 87.9 Å². The third kappa shape index (κ3) is 2.10. The third-order valence-corrected chi connectivity index (χ3v) is 2.25. The molecule has 0 spiro atoms. The summed E-state index contributed by atoms with van der Waals surface area (Å²) < 4.78 is 0. The van der Waals surface area contributed by atoms with E-state index in [4.69, 9.17) is 0 Å². The van der Waals surface area contributed by atoms with Crippen molar-refractivity contribution in [1.29, 1.82) is 0 Å². The summed E-state index contributed by atoms with van der Waals surface area (Å²) in [6.07, 6.45) is 7.62. The lowest BCUT2D eigenvalue weighted by atomic mass is 9.98. The SMILES string of the molecule is O=[C]c1cccc(C2=CC(=O)CC=C2)c1. The maximum Gasteiger partial charge on any atom is 0.233 e. The molecule has 0 saturated heterocycles. The first-order valence-electron chi connectivity index (χ1n) is 4.69. The minimum Gasteiger partial charge on any atom is -0.294 e. The van der Waals surface area contributed by atoms with E-state index in [1.54, 1.807) is 24.3 Å². The van der Waals surface area contributed by atoms with Crippen molar-refractivity contribution in [1.82, 2.24) is 0 Å². The Morgan fingerprint density at radius 3 is 2.87 bits per heavy atom. The molecule has 0 N–H and O–H groups in total. The van der Waals surface area contributed by atoms with Crippen LogP contribution in [0, 0.1) is 0 Å². The lowest BCUT2D eigenvalue weighted by Gasteiger charge is -2.06. The van der Waals surface area contributed by atoms with Gasteiger partial charge < -0.3 is 0 Å². The van der Waals surface area contributed by atoms with Gasteiger partial charge in [0.15, 0.2) is 5.78 Å². The molecule has 2 rings (SSSR count). The number of carbonyl (C=O) groups is 1. The normalized spacial score (nSPS) is 14.9. The van der Waals surface area contributed by atoms with Crippen molar-refractivity contribution in [3.05, 3.63) is 53.6 Å². The van der Waals surface area contributed by atoms with E-state index in [1.807, 2.05) is 24.5 Å². The van der Waals surface area contributed by atoms with Gasteiger partial charge in [-0.3, -0.25) is 9.59 Å². The van der Waals surface area contributed by atoms with Crippen LogP contribution in [-0.4, -0.2) is 12.1 Å². The molecule has 1 aliphatic carbocycles. The van der Waals surface area contributed by atoms with Crippen LogP contribution in [-0.2, 0) is 9.59 Å². The smallest absolute Gasteiger partial charge is 0.233 e. The van der Waals surface area contributed by atoms with Gasteiger partial charge in [-0.2, -0.15) is 0 Å². The van der Waals surface area contributed by atoms with E-state index < -0.39 is 0 Å². The van der Waals surface area contributed by atoms with Crippen molar-refractivity contribution < 1.29 is 9.59 Å². The Bertz CT molecular complexity index is 467. The first-order valence-corrected chi connectivity index (χ1v) is 4.69. The Balaban J connectivity index is 2.41. The van der Waals surface area contributed by atoms with Crippen molar-refractivity contribution in [3.8, 4) is 0 Å². The molecule has 0 aliphatic heterocycles. The molecule has 0 aromatic heterocycles. The predicted octanol–water partition coefficient (Wildman–Crippen LogP) is 2.06. The van der Waals surface area contributed by atoms with Crippen molar-refractivity contribution in [3.63, 3.8) is 0 Å². The van der Waals surface area contributed by atoms with Gasteiger partial charge in [0, 0.05) is 12.0 Å². The molecule has 0 saturated carbocycles. The summed E-state index contributed by atoms with van der Waals surface area (Å²) in [5, 5.41) is 0. The Hall–Kier alpha value is -1.96. The van der Waals surface area contributed by atoms with E-state index in [9.17, 15) is 9.59 Å². The van der Waals surface area contributed by atoms with E-state index in [-0.39, 0.29) is 5.78 Å². The molecule has 0 heterocycles. The fourth-order valence-corrected chi connectivity index (χ4v) is 1.52. The molecule has 0 unspecified atom stereocenters. The largest absolute Gasteiger partial charge is 0.294 e. The number of carbonyl (C=O) groups excluding carboxylic acids is 2. The maximum atomic E-state index is 11.2. The van der Waals surface area contributed by atoms with Crippen LogP contribution >= 0.6 is 0 Å². The van der Waals surface area contributed by atoms with Crippen LogP contribution in [0.4, 0.5) is 0 Å². The minimum atomic E-state index is 0.0907. The fourth-order valence-electron chi connectivity index (χ4n) is 1.52. The summed E-state index contributed by atoms with van der Waals surface area (Å²) in [5.74, 6) is 0.0907. The molecule has 1 aliphatic rings. The maximum absolute atomic E-state index is 11.2. The third-order valence-electron chi connectivity index (χ3n) is 2.25. The average molecular weight is 197 g/mol. The zero-order chi connectivity index (χ0) is 10.7. The predicted molar refractivity (Wildman–Crippen MR) is 58.0 cm³/mol. The molecule has 1 radical (unpaired) electrons. The summed E-state index contributed by atoms with van der Waals surface area (Å²) in [4.78, 5) is 21.7. The quantitative estimate of drug-likeness (QED) is 0.727. The van der Waals surface area contributed by atoms with E-state index in [2.05, 4.69) is 0 Å². The molecule has 1 aromatic rings. The van der Waals surface area contributed by atoms with Crippen LogP contribution in [0.5, 0.6) is 0 Å². The summed E-state index contributed by atoms with van der Waals surface area (Å²) in [7, 11) is 0. The van der Waals surface area contributed by atoms with Gasteiger partial charge in [-0.15, -0.1) is 0 Å². The van der Waals surface area contributed by atoms with Gasteiger partial charge in [-0.05, 0) is 23.3 Å². The molecule has 1 aromatic carbocycles. The highest BCUT2D eigenvalue weighted by molar-refractivity contribution is 6.02. The van der Waals surface area contributed by atoms with E-state index in [0.29, 0.717) is 12.0 Å². The van der Waals surface area contributed by atoms with Crippen LogP contribution < -0.4 is 0 Å². The van der Waals surface area contributed by atoms with Gasteiger partial charge in [0.05, 0.1) is 0 Å². The highest BCUT2D eigenvalue weighted by Crippen LogP contribution is 2.20. The Kier molecular flexibility index (Phi) is 2.59. The van der Waals surface area contributed by atoms with Crippen LogP contribution in [0.15, 0.2) is 42.5 Å². The molecule has 2 heteroatoms. The number of allylic oxidation sites excluding steroid dienone is 4. The lowest BCUT2D eigenvalue weighted by Crippen LogP contribution is -1.97. The summed E-state index contributed by atoms with van der Waals surface area (Å²) in [6, 6.07) is 7.06. The second-order valence-corrected chi connectivity index (χ2v) is 3.36. The van der Waals surface area contributed by atoms with Crippen LogP contribution in [0.3, 0.4) is 0 Å². The molecule has 73 valence electrons. The van der Waals surface area contributed by atoms with Gasteiger partial charge in [0.2, 0.25) is 6.29 Å². The lowest BCUT2D eigenvalue weighted by molar-refractivity contribution is -0.113. The summed E-state index contributed by atoms with van der Waals surface area (Å²) in [5.41, 5.74) is 2.23. The number of rotatable bonds is 2. The van der Waals surface area contributed by atoms with E-state index in [0.717, 1.165) is 11.1 Å². The molecular weight excluding hydrogens is 188 g/mol. The summed E-state index contributed by atoms with van der Waals surface area (Å²) >= 11 is 0. The van der Waals surface area contributed by atoms with Crippen molar-refractivity contribution in [2.75, 3.05) is 0 Å². The second-order valence-electron chi connectivity index (χ2n) is 3.36. The van der Waals surface area contributed by atoms with Crippen molar-refractivity contribution >= 4 is 17.6 Å². The first-order chi connectivity index (χ1) is 7.29. The summed E-state index contributed by atoms with van der Waals surface area (Å²) in [6.45, 7) is 0. The van der Waals surface area contributed by atoms with Gasteiger partial charge in [0.25, 0.3) is 0 Å². The molecular formula is C13H9O2. The monoisotopic (exact) mass is 197 g/mol. The number of benzene rings is 1. The zero-order valence-electron chi connectivity index (χ0n) is 8.07. The Morgan fingerprint density at radius 2 is 2.13 bits per heavy atom. The molecule has 15 heavy (non-hydrogen) atoms. The second kappa shape index (κ2) is 4.05. The number of ketones is 1. The minimum absolute atomic E-state index is 0.0907. The van der Waals surface area contributed by atoms with Gasteiger partial charge in [-0.1, -0.05) is 30.4 Å². The average Bonchev–Trinajstić information content (AvgIpc) is 2.29. The molecule has 0 fully saturated rings. The molecule has 0 atom stereocenters. The van der Waals surface area contributed by atoms with Crippen molar-refractivity contribution in [2.24, 2.45) is 0 Å². The van der Waals surface area contributed by atoms with Crippen molar-refractivity contribution in [2.45, 2.75) is 6.42 Å². The number of hydrogen-bond acceptors (Lipinski definition) is 2. The zero-order valence-corrected chi connectivity index (χ0v) is 8.07. The van der Waals surface area contributed by atoms with E-state index in [1.165, 1.54) is 0 Å².